The minimum atomic E-state index is -0.491. The lowest BCUT2D eigenvalue weighted by atomic mass is 10.1. The molecule has 0 fully saturated rings. The summed E-state index contributed by atoms with van der Waals surface area (Å²) in [6.45, 7) is 12.1. The third kappa shape index (κ3) is 9.55. The maximum Gasteiger partial charge on any atom is 0.407 e. The minimum Gasteiger partial charge on any atom is -0.444 e. The number of amides is 1. The molecule has 1 aromatic heterocycles. The smallest absolute Gasteiger partial charge is 0.407 e. The Bertz CT molecular complexity index is 838. The van der Waals surface area contributed by atoms with Gasteiger partial charge >= 0.3 is 6.09 Å². The van der Waals surface area contributed by atoms with Crippen LogP contribution in [0.5, 0.6) is 0 Å². The number of nitrogens with one attached hydrogen (secondary N) is 3. The van der Waals surface area contributed by atoms with Crippen molar-refractivity contribution in [3.63, 3.8) is 0 Å². The largest absolute Gasteiger partial charge is 0.444 e. The summed E-state index contributed by atoms with van der Waals surface area (Å²) >= 11 is 0. The minimum absolute atomic E-state index is 0.404. The molecule has 0 saturated heterocycles. The molecule has 1 amide bonds. The molecule has 2 aromatic rings. The molecule has 3 N–H and O–H groups in total. The van der Waals surface area contributed by atoms with Crippen molar-refractivity contribution in [3.05, 3.63) is 41.8 Å². The van der Waals surface area contributed by atoms with Crippen LogP contribution >= 0.6 is 0 Å². The summed E-state index contributed by atoms with van der Waals surface area (Å²) in [5.41, 5.74) is 2.57. The molecular weight excluding hydrogens is 394 g/mol. The van der Waals surface area contributed by atoms with E-state index in [4.69, 9.17) is 9.15 Å². The number of carbonyl (C=O) groups excluding carboxylic acids is 1. The lowest BCUT2D eigenvalue weighted by Gasteiger charge is -2.19. The molecule has 2 rings (SSSR count). The maximum absolute atomic E-state index is 11.6. The molecule has 0 unspecified atom stereocenters. The molecule has 0 aliphatic rings. The molecule has 170 valence electrons. The first-order chi connectivity index (χ1) is 14.8. The fourth-order valence-corrected chi connectivity index (χ4v) is 2.68. The Hall–Kier alpha value is -3.03. The molecule has 1 aromatic carbocycles. The molecular formula is C23H35N5O3. The van der Waals surface area contributed by atoms with Gasteiger partial charge in [-0.25, -0.2) is 9.78 Å². The summed E-state index contributed by atoms with van der Waals surface area (Å²) in [6, 6.07) is 8.11. The van der Waals surface area contributed by atoms with Gasteiger partial charge < -0.3 is 25.1 Å². The Balaban J connectivity index is 1.73. The third-order valence-electron chi connectivity index (χ3n) is 4.14. The molecule has 0 atom stereocenters. The van der Waals surface area contributed by atoms with Gasteiger partial charge in [-0.1, -0.05) is 17.7 Å². The number of benzene rings is 1. The standard InChI is InChI=1S/C23H35N5O3/c1-6-24-21(25-13-7-14-27-22(29)31-23(3,4)5)26-15-12-19-16-30-20(28-19)18-10-8-17(2)9-11-18/h8-11,16H,6-7,12-15H2,1-5H3,(H,27,29)(H2,24,25,26). The molecule has 0 aliphatic carbocycles. The van der Waals surface area contributed by atoms with Crippen LogP contribution in [0.4, 0.5) is 4.79 Å². The average Bonchev–Trinajstić information content (AvgIpc) is 3.15. The fourth-order valence-electron chi connectivity index (χ4n) is 2.68. The Kier molecular flexibility index (Phi) is 9.37. The molecule has 0 bridgehead atoms. The highest BCUT2D eigenvalue weighted by atomic mass is 16.6. The number of carbonyl (C=O) groups is 1. The number of aliphatic imine (C=N–C) groups is 1. The topological polar surface area (TPSA) is 101 Å². The number of nitrogens with zero attached hydrogens (tertiary/aromatic N) is 2. The average molecular weight is 430 g/mol. The number of ether oxygens (including phenoxy) is 1. The van der Waals surface area contributed by atoms with Crippen molar-refractivity contribution >= 4 is 12.1 Å². The summed E-state index contributed by atoms with van der Waals surface area (Å²) in [5, 5.41) is 9.26. The number of alkyl carbamates (subject to hydrolysis) is 1. The van der Waals surface area contributed by atoms with E-state index in [9.17, 15) is 4.79 Å². The van der Waals surface area contributed by atoms with Crippen LogP contribution in [-0.4, -0.2) is 48.8 Å². The van der Waals surface area contributed by atoms with Gasteiger partial charge in [0.05, 0.1) is 5.69 Å². The number of oxazole rings is 1. The Labute approximate surface area is 184 Å². The molecule has 8 nitrogen and oxygen atoms in total. The van der Waals surface area contributed by atoms with E-state index in [1.54, 1.807) is 6.26 Å². The van der Waals surface area contributed by atoms with Gasteiger partial charge in [0.2, 0.25) is 5.89 Å². The van der Waals surface area contributed by atoms with Crippen LogP contribution in [0.3, 0.4) is 0 Å². The Morgan fingerprint density at radius 1 is 1.13 bits per heavy atom. The monoisotopic (exact) mass is 429 g/mol. The van der Waals surface area contributed by atoms with E-state index in [0.717, 1.165) is 36.6 Å². The highest BCUT2D eigenvalue weighted by Crippen LogP contribution is 2.19. The van der Waals surface area contributed by atoms with Crippen LogP contribution in [0.2, 0.25) is 0 Å². The predicted molar refractivity (Wildman–Crippen MR) is 123 cm³/mol. The lowest BCUT2D eigenvalue weighted by molar-refractivity contribution is 0.0527. The van der Waals surface area contributed by atoms with Gasteiger partial charge in [0.25, 0.3) is 0 Å². The van der Waals surface area contributed by atoms with Gasteiger partial charge in [0, 0.05) is 38.2 Å². The van der Waals surface area contributed by atoms with Gasteiger partial charge in [-0.2, -0.15) is 0 Å². The van der Waals surface area contributed by atoms with Crippen molar-refractivity contribution in [1.29, 1.82) is 0 Å². The Morgan fingerprint density at radius 3 is 2.55 bits per heavy atom. The van der Waals surface area contributed by atoms with Crippen molar-refractivity contribution in [2.24, 2.45) is 4.99 Å². The van der Waals surface area contributed by atoms with Crippen molar-refractivity contribution in [2.45, 2.75) is 53.1 Å². The summed E-state index contributed by atoms with van der Waals surface area (Å²) in [4.78, 5) is 20.7. The zero-order chi connectivity index (χ0) is 22.7. The van der Waals surface area contributed by atoms with Crippen molar-refractivity contribution in [3.8, 4) is 11.5 Å². The van der Waals surface area contributed by atoms with Crippen LogP contribution in [-0.2, 0) is 11.2 Å². The first-order valence-corrected chi connectivity index (χ1v) is 10.8. The van der Waals surface area contributed by atoms with Crippen LogP contribution < -0.4 is 16.0 Å². The van der Waals surface area contributed by atoms with Crippen LogP contribution in [0.1, 0.15) is 45.4 Å². The molecule has 0 aliphatic heterocycles. The zero-order valence-corrected chi connectivity index (χ0v) is 19.2. The quantitative estimate of drug-likeness (QED) is 0.319. The first-order valence-electron chi connectivity index (χ1n) is 10.8. The fraction of sp³-hybridized carbons (Fsp3) is 0.522. The molecule has 0 saturated carbocycles. The first kappa shape index (κ1) is 24.2. The van der Waals surface area contributed by atoms with E-state index in [1.165, 1.54) is 5.56 Å². The van der Waals surface area contributed by atoms with E-state index in [0.29, 0.717) is 25.5 Å². The normalized spacial score (nSPS) is 11.8. The van der Waals surface area contributed by atoms with Crippen LogP contribution in [0.15, 0.2) is 39.9 Å². The van der Waals surface area contributed by atoms with Gasteiger partial charge in [-0.3, -0.25) is 4.99 Å². The molecule has 31 heavy (non-hydrogen) atoms. The molecule has 0 spiro atoms. The van der Waals surface area contributed by atoms with E-state index in [2.05, 4.69) is 32.9 Å². The second-order valence-electron chi connectivity index (χ2n) is 8.23. The summed E-state index contributed by atoms with van der Waals surface area (Å²) in [6.07, 6.45) is 2.74. The molecule has 8 heteroatoms. The van der Waals surface area contributed by atoms with E-state index >= 15 is 0 Å². The number of hydrogen-bond acceptors (Lipinski definition) is 5. The predicted octanol–water partition coefficient (Wildman–Crippen LogP) is 3.66. The number of guanidine groups is 1. The Morgan fingerprint density at radius 2 is 1.87 bits per heavy atom. The van der Waals surface area contributed by atoms with E-state index in [-0.39, 0.29) is 0 Å². The van der Waals surface area contributed by atoms with Crippen molar-refractivity contribution in [1.82, 2.24) is 20.9 Å². The van der Waals surface area contributed by atoms with Crippen LogP contribution in [0, 0.1) is 6.92 Å². The van der Waals surface area contributed by atoms with Gasteiger partial charge in [-0.05, 0) is 53.2 Å². The summed E-state index contributed by atoms with van der Waals surface area (Å²) < 4.78 is 10.8. The van der Waals surface area contributed by atoms with Gasteiger partial charge in [0.1, 0.15) is 11.9 Å². The number of rotatable bonds is 9. The highest BCUT2D eigenvalue weighted by Gasteiger charge is 2.15. The van der Waals surface area contributed by atoms with Gasteiger partial charge in [0.15, 0.2) is 5.96 Å². The van der Waals surface area contributed by atoms with E-state index in [1.807, 2.05) is 52.0 Å². The second kappa shape index (κ2) is 12.0. The summed E-state index contributed by atoms with van der Waals surface area (Å²) in [5.74, 6) is 1.37. The third-order valence-corrected chi connectivity index (χ3v) is 4.14. The molecule has 1 heterocycles. The number of aryl methyl sites for hydroxylation is 1. The highest BCUT2D eigenvalue weighted by molar-refractivity contribution is 5.79. The van der Waals surface area contributed by atoms with Crippen molar-refractivity contribution < 1.29 is 13.9 Å². The molecule has 0 radical (unpaired) electrons. The maximum atomic E-state index is 11.6. The van der Waals surface area contributed by atoms with E-state index < -0.39 is 11.7 Å². The number of hydrogen-bond donors (Lipinski definition) is 3. The number of aromatic nitrogens is 1. The summed E-state index contributed by atoms with van der Waals surface area (Å²) in [7, 11) is 0. The second-order valence-corrected chi connectivity index (χ2v) is 8.23. The van der Waals surface area contributed by atoms with Gasteiger partial charge in [-0.15, -0.1) is 0 Å². The van der Waals surface area contributed by atoms with Crippen LogP contribution in [0.25, 0.3) is 11.5 Å². The zero-order valence-electron chi connectivity index (χ0n) is 19.2. The van der Waals surface area contributed by atoms with Crippen molar-refractivity contribution in [2.75, 3.05) is 26.2 Å². The SMILES string of the molecule is CCNC(=NCCCNC(=O)OC(C)(C)C)NCCc1coc(-c2ccc(C)cc2)n1. The lowest BCUT2D eigenvalue weighted by Crippen LogP contribution is -2.38.